The van der Waals surface area contributed by atoms with Gasteiger partial charge in [0.2, 0.25) is 0 Å². The molecule has 1 aromatic rings. The molecule has 1 rings (SSSR count). The number of hydrogen-bond acceptors (Lipinski definition) is 2. The molecule has 0 saturated heterocycles. The van der Waals surface area contributed by atoms with E-state index in [1.165, 1.54) is 0 Å². The number of halogens is 5. The van der Waals surface area contributed by atoms with Crippen LogP contribution in [0, 0.1) is 10.1 Å². The first-order valence-electron chi connectivity index (χ1n) is 3.87. The maximum absolute atomic E-state index is 12.5. The highest BCUT2D eigenvalue weighted by molar-refractivity contribution is 9.10. The predicted molar refractivity (Wildman–Crippen MR) is 55.4 cm³/mol. The highest BCUT2D eigenvalue weighted by Crippen LogP contribution is 2.38. The SMILES string of the molecule is O=[N+]([O-])c1cc(CCl)c(C(F)(F)F)cc1Br. The smallest absolute Gasteiger partial charge is 0.258 e. The Kier molecular flexibility index (Phi) is 3.80. The van der Waals surface area contributed by atoms with E-state index in [1.54, 1.807) is 0 Å². The van der Waals surface area contributed by atoms with E-state index >= 15 is 0 Å². The van der Waals surface area contributed by atoms with Crippen molar-refractivity contribution < 1.29 is 18.1 Å². The van der Waals surface area contributed by atoms with Crippen molar-refractivity contribution in [3.05, 3.63) is 37.8 Å². The second kappa shape index (κ2) is 4.58. The molecule has 0 saturated carbocycles. The standard InChI is InChI=1S/C8H4BrClF3NO2/c9-6-2-5(8(11,12)13)4(3-10)1-7(6)14(15)16/h1-2H,3H2. The van der Waals surface area contributed by atoms with Gasteiger partial charge in [-0.05, 0) is 27.6 Å². The number of benzene rings is 1. The van der Waals surface area contributed by atoms with Crippen LogP contribution in [-0.2, 0) is 12.1 Å². The lowest BCUT2D eigenvalue weighted by Gasteiger charge is -2.11. The third-order valence-electron chi connectivity index (χ3n) is 1.82. The molecule has 0 heterocycles. The molecule has 88 valence electrons. The lowest BCUT2D eigenvalue weighted by molar-refractivity contribution is -0.385. The molecular weight excluding hydrogens is 314 g/mol. The van der Waals surface area contributed by atoms with Gasteiger partial charge in [-0.15, -0.1) is 11.6 Å². The second-order valence-electron chi connectivity index (χ2n) is 2.85. The van der Waals surface area contributed by atoms with Gasteiger partial charge in [-0.25, -0.2) is 0 Å². The topological polar surface area (TPSA) is 43.1 Å². The summed E-state index contributed by atoms with van der Waals surface area (Å²) < 4.78 is 37.3. The third kappa shape index (κ3) is 2.65. The van der Waals surface area contributed by atoms with Crippen molar-refractivity contribution in [2.75, 3.05) is 0 Å². The minimum atomic E-state index is -4.58. The summed E-state index contributed by atoms with van der Waals surface area (Å²) in [6.45, 7) is 0. The van der Waals surface area contributed by atoms with Gasteiger partial charge in [0.15, 0.2) is 0 Å². The lowest BCUT2D eigenvalue weighted by atomic mass is 10.1. The molecule has 0 N–H and O–H groups in total. The van der Waals surface area contributed by atoms with E-state index < -0.39 is 28.2 Å². The summed E-state index contributed by atoms with van der Waals surface area (Å²) in [4.78, 5) is 9.72. The van der Waals surface area contributed by atoms with Gasteiger partial charge in [0, 0.05) is 11.9 Å². The fraction of sp³-hybridized carbons (Fsp3) is 0.250. The van der Waals surface area contributed by atoms with Crippen LogP contribution in [0.5, 0.6) is 0 Å². The van der Waals surface area contributed by atoms with Crippen LogP contribution >= 0.6 is 27.5 Å². The molecule has 0 spiro atoms. The first kappa shape index (κ1) is 13.2. The highest BCUT2D eigenvalue weighted by atomic mass is 79.9. The van der Waals surface area contributed by atoms with Crippen LogP contribution in [0.15, 0.2) is 16.6 Å². The first-order valence-corrected chi connectivity index (χ1v) is 5.20. The van der Waals surface area contributed by atoms with Crippen molar-refractivity contribution in [1.29, 1.82) is 0 Å². The van der Waals surface area contributed by atoms with E-state index in [-0.39, 0.29) is 10.0 Å². The van der Waals surface area contributed by atoms with Crippen molar-refractivity contribution in [2.24, 2.45) is 0 Å². The number of rotatable bonds is 2. The Labute approximate surface area is 101 Å². The average Bonchev–Trinajstić information content (AvgIpc) is 2.15. The molecule has 0 amide bonds. The highest BCUT2D eigenvalue weighted by Gasteiger charge is 2.35. The van der Waals surface area contributed by atoms with Crippen molar-refractivity contribution >= 4 is 33.2 Å². The summed E-state index contributed by atoms with van der Waals surface area (Å²) in [7, 11) is 0. The largest absolute Gasteiger partial charge is 0.416 e. The van der Waals surface area contributed by atoms with E-state index in [4.69, 9.17) is 11.6 Å². The zero-order chi connectivity index (χ0) is 12.5. The summed E-state index contributed by atoms with van der Waals surface area (Å²) in [6.07, 6.45) is -4.58. The maximum atomic E-state index is 12.5. The Morgan fingerprint density at radius 1 is 1.44 bits per heavy atom. The molecular formula is C8H4BrClF3NO2. The molecule has 16 heavy (non-hydrogen) atoms. The van der Waals surface area contributed by atoms with Gasteiger partial charge in [-0.2, -0.15) is 13.2 Å². The normalized spacial score (nSPS) is 11.6. The Bertz CT molecular complexity index is 436. The summed E-state index contributed by atoms with van der Waals surface area (Å²) in [5, 5.41) is 10.5. The van der Waals surface area contributed by atoms with Crippen molar-refractivity contribution in [3.8, 4) is 0 Å². The minimum absolute atomic E-state index is 0.223. The van der Waals surface area contributed by atoms with Gasteiger partial charge in [-0.3, -0.25) is 10.1 Å². The first-order chi connectivity index (χ1) is 7.27. The molecule has 1 aromatic carbocycles. The summed E-state index contributed by atoms with van der Waals surface area (Å²) in [5.41, 5.74) is -1.73. The van der Waals surface area contributed by atoms with Crippen molar-refractivity contribution in [1.82, 2.24) is 0 Å². The summed E-state index contributed by atoms with van der Waals surface area (Å²) >= 11 is 8.05. The van der Waals surface area contributed by atoms with Crippen LogP contribution in [0.1, 0.15) is 11.1 Å². The van der Waals surface area contributed by atoms with E-state index in [0.29, 0.717) is 6.07 Å². The van der Waals surface area contributed by atoms with Gasteiger partial charge >= 0.3 is 6.18 Å². The fourth-order valence-electron chi connectivity index (χ4n) is 1.12. The van der Waals surface area contributed by atoms with Crippen LogP contribution in [0.4, 0.5) is 18.9 Å². The van der Waals surface area contributed by atoms with E-state index in [1.807, 2.05) is 0 Å². The number of nitrogens with zero attached hydrogens (tertiary/aromatic N) is 1. The molecule has 0 fully saturated rings. The van der Waals surface area contributed by atoms with Crippen molar-refractivity contribution in [3.63, 3.8) is 0 Å². The number of nitro groups is 1. The monoisotopic (exact) mass is 317 g/mol. The molecule has 3 nitrogen and oxygen atoms in total. The van der Waals surface area contributed by atoms with Gasteiger partial charge in [0.1, 0.15) is 0 Å². The Morgan fingerprint density at radius 3 is 2.38 bits per heavy atom. The lowest BCUT2D eigenvalue weighted by Crippen LogP contribution is -2.09. The van der Waals surface area contributed by atoms with Gasteiger partial charge in [0.05, 0.1) is 15.0 Å². The van der Waals surface area contributed by atoms with E-state index in [9.17, 15) is 23.3 Å². The van der Waals surface area contributed by atoms with Gasteiger partial charge in [-0.1, -0.05) is 0 Å². The number of hydrogen-bond donors (Lipinski definition) is 0. The van der Waals surface area contributed by atoms with Gasteiger partial charge < -0.3 is 0 Å². The minimum Gasteiger partial charge on any atom is -0.258 e. The predicted octanol–water partition coefficient (Wildman–Crippen LogP) is 4.11. The van der Waals surface area contributed by atoms with E-state index in [2.05, 4.69) is 15.9 Å². The quantitative estimate of drug-likeness (QED) is 0.468. The number of alkyl halides is 4. The molecule has 0 aliphatic rings. The van der Waals surface area contributed by atoms with Crippen LogP contribution in [0.2, 0.25) is 0 Å². The van der Waals surface area contributed by atoms with Crippen LogP contribution in [-0.4, -0.2) is 4.92 Å². The Balaban J connectivity index is 3.44. The molecule has 0 atom stereocenters. The molecule has 8 heteroatoms. The Morgan fingerprint density at radius 2 is 2.00 bits per heavy atom. The number of nitro benzene ring substituents is 1. The summed E-state index contributed by atoms with van der Waals surface area (Å²) in [5.74, 6) is -0.442. The van der Waals surface area contributed by atoms with Gasteiger partial charge in [0.25, 0.3) is 5.69 Å². The van der Waals surface area contributed by atoms with Crippen LogP contribution in [0.25, 0.3) is 0 Å². The molecule has 0 unspecified atom stereocenters. The Hall–Kier alpha value is -0.820. The molecule has 0 aliphatic heterocycles. The van der Waals surface area contributed by atoms with Crippen LogP contribution in [0.3, 0.4) is 0 Å². The molecule has 0 aliphatic carbocycles. The zero-order valence-electron chi connectivity index (χ0n) is 7.52. The van der Waals surface area contributed by atoms with Crippen LogP contribution < -0.4 is 0 Å². The van der Waals surface area contributed by atoms with E-state index in [0.717, 1.165) is 6.07 Å². The average molecular weight is 318 g/mol. The zero-order valence-corrected chi connectivity index (χ0v) is 9.86. The fourth-order valence-corrected chi connectivity index (χ4v) is 1.83. The molecule has 0 aromatic heterocycles. The maximum Gasteiger partial charge on any atom is 0.416 e. The molecule has 0 radical (unpaired) electrons. The second-order valence-corrected chi connectivity index (χ2v) is 3.97. The molecule has 0 bridgehead atoms. The van der Waals surface area contributed by atoms with Crippen molar-refractivity contribution in [2.45, 2.75) is 12.1 Å². The summed E-state index contributed by atoms with van der Waals surface area (Å²) in [6, 6.07) is 1.48. The third-order valence-corrected chi connectivity index (χ3v) is 2.74.